The molecule has 4 nitrogen and oxygen atoms in total. The van der Waals surface area contributed by atoms with Gasteiger partial charge in [0, 0.05) is 30.2 Å². The van der Waals surface area contributed by atoms with E-state index in [4.69, 9.17) is 10.7 Å². The third kappa shape index (κ3) is 2.43. The summed E-state index contributed by atoms with van der Waals surface area (Å²) in [7, 11) is 0. The maximum Gasteiger partial charge on any atom is 0.138 e. The van der Waals surface area contributed by atoms with Crippen LogP contribution in [-0.2, 0) is 6.54 Å². The molecular weight excluding hydrogens is 284 g/mol. The Morgan fingerprint density at radius 1 is 1.09 bits per heavy atom. The van der Waals surface area contributed by atoms with Crippen molar-refractivity contribution in [3.8, 4) is 17.1 Å². The quantitative estimate of drug-likeness (QED) is 0.605. The molecule has 0 radical (unpaired) electrons. The molecule has 0 fully saturated rings. The third-order valence-electron chi connectivity index (χ3n) is 4.14. The number of nitrogens with one attached hydrogen (secondary N) is 1. The molecule has 0 spiro atoms. The number of fused-ring (bicyclic) bond motifs is 1. The topological polar surface area (TPSA) is 59.6 Å². The summed E-state index contributed by atoms with van der Waals surface area (Å²) >= 11 is 0. The highest BCUT2D eigenvalue weighted by Crippen LogP contribution is 2.23. The molecule has 23 heavy (non-hydrogen) atoms. The van der Waals surface area contributed by atoms with Crippen LogP contribution in [0.2, 0.25) is 0 Å². The molecule has 0 unspecified atom stereocenters. The van der Waals surface area contributed by atoms with E-state index in [0.717, 1.165) is 33.7 Å². The summed E-state index contributed by atoms with van der Waals surface area (Å²) < 4.78 is 2.08. The van der Waals surface area contributed by atoms with E-state index >= 15 is 0 Å². The lowest BCUT2D eigenvalue weighted by atomic mass is 10.2. The first-order chi connectivity index (χ1) is 11.2. The van der Waals surface area contributed by atoms with Gasteiger partial charge in [0.2, 0.25) is 0 Å². The maximum atomic E-state index is 5.66. The summed E-state index contributed by atoms with van der Waals surface area (Å²) in [6.45, 7) is 2.64. The number of aromatic nitrogens is 3. The summed E-state index contributed by atoms with van der Waals surface area (Å²) in [4.78, 5) is 8.11. The number of nitrogens with two attached hydrogens (primary N) is 1. The zero-order valence-electron chi connectivity index (χ0n) is 13.0. The molecule has 2 aromatic heterocycles. The monoisotopic (exact) mass is 302 g/mol. The van der Waals surface area contributed by atoms with Crippen LogP contribution in [0.1, 0.15) is 11.1 Å². The first-order valence-corrected chi connectivity index (χ1v) is 7.68. The van der Waals surface area contributed by atoms with E-state index in [1.54, 1.807) is 0 Å². The molecular formula is C19H18N4. The molecule has 0 aliphatic carbocycles. The number of benzene rings is 2. The van der Waals surface area contributed by atoms with E-state index in [1.165, 1.54) is 5.56 Å². The Kier molecular flexibility index (Phi) is 3.24. The Morgan fingerprint density at radius 3 is 2.61 bits per heavy atom. The van der Waals surface area contributed by atoms with E-state index in [9.17, 15) is 0 Å². The van der Waals surface area contributed by atoms with Crippen LogP contribution < -0.4 is 5.73 Å². The number of para-hydroxylation sites is 1. The predicted molar refractivity (Wildman–Crippen MR) is 93.5 cm³/mol. The standard InChI is InChI=1S/C19H18N4/c1-13-3-2-4-17-18(13)22-19(21-17)15-5-7-16(8-6-15)23-10-9-14(11-20)12-23/h2-10,12H,11,20H2,1H3,(H,21,22). The molecule has 0 aliphatic rings. The highest BCUT2D eigenvalue weighted by atomic mass is 14.9. The molecule has 4 rings (SSSR count). The average molecular weight is 302 g/mol. The molecule has 4 heteroatoms. The largest absolute Gasteiger partial charge is 0.338 e. The van der Waals surface area contributed by atoms with Crippen molar-refractivity contribution < 1.29 is 0 Å². The molecule has 2 heterocycles. The second-order valence-corrected chi connectivity index (χ2v) is 5.73. The minimum absolute atomic E-state index is 0.559. The van der Waals surface area contributed by atoms with Crippen LogP contribution in [0.15, 0.2) is 60.9 Å². The molecule has 4 aromatic rings. The fourth-order valence-corrected chi connectivity index (χ4v) is 2.83. The Balaban J connectivity index is 1.70. The third-order valence-corrected chi connectivity index (χ3v) is 4.14. The number of imidazole rings is 1. The van der Waals surface area contributed by atoms with Crippen LogP contribution in [0.4, 0.5) is 0 Å². The fraction of sp³-hybridized carbons (Fsp3) is 0.105. The molecule has 0 aliphatic heterocycles. The van der Waals surface area contributed by atoms with Crippen molar-refractivity contribution in [3.05, 3.63) is 72.1 Å². The zero-order valence-corrected chi connectivity index (χ0v) is 13.0. The Morgan fingerprint density at radius 2 is 1.91 bits per heavy atom. The van der Waals surface area contributed by atoms with Gasteiger partial charge < -0.3 is 15.3 Å². The lowest BCUT2D eigenvalue weighted by molar-refractivity contribution is 1.03. The van der Waals surface area contributed by atoms with Crippen molar-refractivity contribution in [2.45, 2.75) is 13.5 Å². The van der Waals surface area contributed by atoms with Gasteiger partial charge in [0.1, 0.15) is 5.82 Å². The summed E-state index contributed by atoms with van der Waals surface area (Å²) in [5.74, 6) is 0.899. The molecule has 2 aromatic carbocycles. The highest BCUT2D eigenvalue weighted by Gasteiger charge is 2.07. The molecule has 3 N–H and O–H groups in total. The van der Waals surface area contributed by atoms with Crippen LogP contribution in [0.3, 0.4) is 0 Å². The second-order valence-electron chi connectivity index (χ2n) is 5.73. The molecule has 114 valence electrons. The highest BCUT2D eigenvalue weighted by molar-refractivity contribution is 5.82. The van der Waals surface area contributed by atoms with E-state index in [2.05, 4.69) is 59.1 Å². The van der Waals surface area contributed by atoms with Gasteiger partial charge >= 0.3 is 0 Å². The summed E-state index contributed by atoms with van der Waals surface area (Å²) in [6.07, 6.45) is 4.08. The van der Waals surface area contributed by atoms with E-state index in [0.29, 0.717) is 6.54 Å². The summed E-state index contributed by atoms with van der Waals surface area (Å²) in [6, 6.07) is 16.6. The summed E-state index contributed by atoms with van der Waals surface area (Å²) in [5, 5.41) is 0. The van der Waals surface area contributed by atoms with Gasteiger partial charge in [0.05, 0.1) is 11.0 Å². The van der Waals surface area contributed by atoms with Gasteiger partial charge in [0.25, 0.3) is 0 Å². The van der Waals surface area contributed by atoms with Gasteiger partial charge in [-0.15, -0.1) is 0 Å². The molecule has 0 saturated heterocycles. The van der Waals surface area contributed by atoms with E-state index < -0.39 is 0 Å². The number of hydrogen-bond donors (Lipinski definition) is 2. The van der Waals surface area contributed by atoms with Gasteiger partial charge in [-0.05, 0) is 54.4 Å². The minimum atomic E-state index is 0.559. The maximum absolute atomic E-state index is 5.66. The SMILES string of the molecule is Cc1cccc2[nH]c(-c3ccc(-n4ccc(CN)c4)cc3)nc12. The van der Waals surface area contributed by atoms with Crippen molar-refractivity contribution in [3.63, 3.8) is 0 Å². The molecule has 0 atom stereocenters. The lowest BCUT2D eigenvalue weighted by Crippen LogP contribution is -1.94. The number of aryl methyl sites for hydroxylation is 1. The van der Waals surface area contributed by atoms with Crippen molar-refractivity contribution in [2.75, 3.05) is 0 Å². The van der Waals surface area contributed by atoms with Crippen LogP contribution in [0.25, 0.3) is 28.1 Å². The van der Waals surface area contributed by atoms with Crippen molar-refractivity contribution in [2.24, 2.45) is 5.73 Å². The summed E-state index contributed by atoms with van der Waals surface area (Å²) in [5.41, 5.74) is 12.3. The number of rotatable bonds is 3. The van der Waals surface area contributed by atoms with E-state index in [-0.39, 0.29) is 0 Å². The Labute approximate surface area is 134 Å². The van der Waals surface area contributed by atoms with Gasteiger partial charge in [-0.3, -0.25) is 0 Å². The first kappa shape index (κ1) is 13.8. The van der Waals surface area contributed by atoms with E-state index in [1.807, 2.05) is 18.3 Å². The van der Waals surface area contributed by atoms with Crippen LogP contribution in [-0.4, -0.2) is 14.5 Å². The van der Waals surface area contributed by atoms with Crippen molar-refractivity contribution in [1.29, 1.82) is 0 Å². The molecule has 0 amide bonds. The lowest BCUT2D eigenvalue weighted by Gasteiger charge is -2.04. The second kappa shape index (κ2) is 5.41. The van der Waals surface area contributed by atoms with Crippen molar-refractivity contribution >= 4 is 11.0 Å². The number of H-pyrrole nitrogens is 1. The first-order valence-electron chi connectivity index (χ1n) is 7.68. The smallest absolute Gasteiger partial charge is 0.138 e. The van der Waals surface area contributed by atoms with Gasteiger partial charge in [-0.25, -0.2) is 4.98 Å². The normalized spacial score (nSPS) is 11.2. The van der Waals surface area contributed by atoms with Crippen molar-refractivity contribution in [1.82, 2.24) is 14.5 Å². The van der Waals surface area contributed by atoms with Crippen LogP contribution in [0, 0.1) is 6.92 Å². The predicted octanol–water partition coefficient (Wildman–Crippen LogP) is 3.79. The Bertz CT molecular complexity index is 961. The van der Waals surface area contributed by atoms with Crippen LogP contribution >= 0.6 is 0 Å². The number of nitrogens with zero attached hydrogens (tertiary/aromatic N) is 2. The number of aromatic amines is 1. The molecule has 0 saturated carbocycles. The number of hydrogen-bond acceptors (Lipinski definition) is 2. The Hall–Kier alpha value is -2.85. The van der Waals surface area contributed by atoms with Gasteiger partial charge in [-0.1, -0.05) is 12.1 Å². The van der Waals surface area contributed by atoms with Crippen LogP contribution in [0.5, 0.6) is 0 Å². The fourth-order valence-electron chi connectivity index (χ4n) is 2.83. The molecule has 0 bridgehead atoms. The van der Waals surface area contributed by atoms with Gasteiger partial charge in [-0.2, -0.15) is 0 Å². The minimum Gasteiger partial charge on any atom is -0.338 e. The zero-order chi connectivity index (χ0) is 15.8. The average Bonchev–Trinajstić information content (AvgIpc) is 3.22. The van der Waals surface area contributed by atoms with Gasteiger partial charge in [0.15, 0.2) is 0 Å².